The second-order valence-electron chi connectivity index (χ2n) is 8.50. The van der Waals surface area contributed by atoms with Crippen LogP contribution in [0, 0.1) is 5.41 Å². The molecule has 2 aliphatic rings. The number of hydrogen-bond donors (Lipinski definition) is 1. The van der Waals surface area contributed by atoms with Crippen LogP contribution in [-0.2, 0) is 0 Å². The Kier molecular flexibility index (Phi) is 4.40. The van der Waals surface area contributed by atoms with E-state index in [4.69, 9.17) is 0 Å². The zero-order chi connectivity index (χ0) is 15.9. The summed E-state index contributed by atoms with van der Waals surface area (Å²) in [5, 5.41) is 1.68. The third-order valence-electron chi connectivity index (χ3n) is 4.69. The average molecular weight is 305 g/mol. The average Bonchev–Trinajstić information content (AvgIpc) is 2.67. The zero-order valence-corrected chi connectivity index (χ0v) is 15.8. The summed E-state index contributed by atoms with van der Waals surface area (Å²) in [4.78, 5) is 6.32. The number of nitrogens with zero attached hydrogens (tertiary/aromatic N) is 1. The van der Waals surface area contributed by atoms with Crippen LogP contribution >= 0.6 is 0 Å². The molecule has 2 aliphatic carbocycles. The van der Waals surface area contributed by atoms with E-state index in [9.17, 15) is 0 Å². The SMILES string of the molecule is CN(C)C1C=C([Si](C)(C)NC(C)(C)C)CC12C=CC=CC2. The maximum Gasteiger partial charge on any atom is 0.147 e. The fourth-order valence-electron chi connectivity index (χ4n) is 4.02. The van der Waals surface area contributed by atoms with E-state index in [-0.39, 0.29) is 11.0 Å². The Morgan fingerprint density at radius 3 is 2.38 bits per heavy atom. The van der Waals surface area contributed by atoms with E-state index in [0.717, 1.165) is 6.42 Å². The molecule has 0 bridgehead atoms. The molecule has 2 unspecified atom stereocenters. The maximum absolute atomic E-state index is 3.93. The minimum absolute atomic E-state index is 0.183. The lowest BCUT2D eigenvalue weighted by atomic mass is 9.76. The first kappa shape index (κ1) is 16.7. The predicted molar refractivity (Wildman–Crippen MR) is 95.9 cm³/mol. The molecule has 0 aliphatic heterocycles. The Morgan fingerprint density at radius 2 is 1.90 bits per heavy atom. The van der Waals surface area contributed by atoms with Gasteiger partial charge in [-0.15, -0.1) is 0 Å². The fourth-order valence-corrected chi connectivity index (χ4v) is 7.40. The Bertz CT molecular complexity index is 480. The molecule has 0 aromatic heterocycles. The highest BCUT2D eigenvalue weighted by molar-refractivity contribution is 6.82. The van der Waals surface area contributed by atoms with Crippen molar-refractivity contribution in [2.24, 2.45) is 5.41 Å². The van der Waals surface area contributed by atoms with Gasteiger partial charge in [0.05, 0.1) is 0 Å². The number of likely N-dealkylation sites (N-methyl/N-ethyl adjacent to an activating group) is 1. The first-order valence-corrected chi connectivity index (χ1v) is 11.1. The fraction of sp³-hybridized carbons (Fsp3) is 0.667. The van der Waals surface area contributed by atoms with Crippen molar-refractivity contribution >= 4 is 8.24 Å². The Labute approximate surface area is 132 Å². The van der Waals surface area contributed by atoms with Gasteiger partial charge in [0.2, 0.25) is 0 Å². The van der Waals surface area contributed by atoms with E-state index in [1.54, 1.807) is 5.20 Å². The number of nitrogens with one attached hydrogen (secondary N) is 1. The summed E-state index contributed by atoms with van der Waals surface area (Å²) >= 11 is 0. The number of hydrogen-bond acceptors (Lipinski definition) is 2. The van der Waals surface area contributed by atoms with Gasteiger partial charge in [-0.05, 0) is 47.7 Å². The van der Waals surface area contributed by atoms with Gasteiger partial charge in [0.15, 0.2) is 0 Å². The molecule has 2 atom stereocenters. The minimum atomic E-state index is -1.58. The molecule has 0 heterocycles. The van der Waals surface area contributed by atoms with Crippen molar-refractivity contribution in [2.75, 3.05) is 14.1 Å². The van der Waals surface area contributed by atoms with Gasteiger partial charge in [0.1, 0.15) is 8.24 Å². The van der Waals surface area contributed by atoms with E-state index in [0.29, 0.717) is 6.04 Å². The molecular formula is C18H32N2Si. The smallest absolute Gasteiger partial charge is 0.147 e. The Morgan fingerprint density at radius 1 is 1.24 bits per heavy atom. The summed E-state index contributed by atoms with van der Waals surface area (Å²) in [5.41, 5.74) is 0.458. The van der Waals surface area contributed by atoms with Crippen molar-refractivity contribution in [3.8, 4) is 0 Å². The highest BCUT2D eigenvalue weighted by Gasteiger charge is 2.46. The molecule has 0 fully saturated rings. The number of rotatable bonds is 3. The second kappa shape index (κ2) is 5.53. The second-order valence-corrected chi connectivity index (χ2v) is 12.6. The summed E-state index contributed by atoms with van der Waals surface area (Å²) in [6.07, 6.45) is 14.1. The van der Waals surface area contributed by atoms with Crippen LogP contribution in [0.25, 0.3) is 0 Å². The third kappa shape index (κ3) is 3.58. The molecule has 0 amide bonds. The molecule has 3 heteroatoms. The van der Waals surface area contributed by atoms with Crippen LogP contribution in [0.5, 0.6) is 0 Å². The van der Waals surface area contributed by atoms with Gasteiger partial charge in [0, 0.05) is 17.0 Å². The van der Waals surface area contributed by atoms with Crippen LogP contribution < -0.4 is 4.98 Å². The first-order chi connectivity index (χ1) is 9.56. The lowest BCUT2D eigenvalue weighted by Gasteiger charge is -2.38. The predicted octanol–water partition coefficient (Wildman–Crippen LogP) is 3.88. The lowest BCUT2D eigenvalue weighted by molar-refractivity contribution is 0.203. The van der Waals surface area contributed by atoms with Crippen LogP contribution in [-0.4, -0.2) is 38.8 Å². The van der Waals surface area contributed by atoms with Crippen molar-refractivity contribution in [1.82, 2.24) is 9.88 Å². The van der Waals surface area contributed by atoms with Crippen molar-refractivity contribution in [2.45, 2.75) is 58.3 Å². The maximum atomic E-state index is 3.93. The molecule has 1 N–H and O–H groups in total. The molecule has 2 rings (SSSR count). The lowest BCUT2D eigenvalue weighted by Crippen LogP contribution is -2.55. The van der Waals surface area contributed by atoms with Gasteiger partial charge in [-0.3, -0.25) is 0 Å². The molecule has 0 aromatic rings. The van der Waals surface area contributed by atoms with Crippen LogP contribution in [0.1, 0.15) is 33.6 Å². The summed E-state index contributed by atoms with van der Waals surface area (Å²) in [6.45, 7) is 11.7. The summed E-state index contributed by atoms with van der Waals surface area (Å²) in [7, 11) is 2.85. The summed E-state index contributed by atoms with van der Waals surface area (Å²) in [5.74, 6) is 0. The van der Waals surface area contributed by atoms with E-state index in [1.165, 1.54) is 6.42 Å². The molecule has 118 valence electrons. The van der Waals surface area contributed by atoms with Gasteiger partial charge in [0.25, 0.3) is 0 Å². The first-order valence-electron chi connectivity index (χ1n) is 8.07. The topological polar surface area (TPSA) is 15.3 Å². The summed E-state index contributed by atoms with van der Waals surface area (Å²) < 4.78 is 0. The molecule has 0 saturated heterocycles. The molecule has 0 aromatic carbocycles. The van der Waals surface area contributed by atoms with Crippen molar-refractivity contribution in [3.05, 3.63) is 35.6 Å². The van der Waals surface area contributed by atoms with E-state index in [2.05, 4.69) is 88.2 Å². The van der Waals surface area contributed by atoms with Gasteiger partial charge in [-0.1, -0.05) is 48.7 Å². The van der Waals surface area contributed by atoms with Gasteiger partial charge < -0.3 is 9.88 Å². The van der Waals surface area contributed by atoms with Gasteiger partial charge in [-0.25, -0.2) is 0 Å². The monoisotopic (exact) mass is 304 g/mol. The van der Waals surface area contributed by atoms with Crippen LogP contribution in [0.2, 0.25) is 13.1 Å². The molecule has 0 saturated carbocycles. The van der Waals surface area contributed by atoms with Crippen LogP contribution in [0.4, 0.5) is 0 Å². The van der Waals surface area contributed by atoms with Gasteiger partial charge >= 0.3 is 0 Å². The quantitative estimate of drug-likeness (QED) is 0.796. The molecule has 0 radical (unpaired) electrons. The third-order valence-corrected chi connectivity index (χ3v) is 8.01. The Balaban J connectivity index is 2.29. The van der Waals surface area contributed by atoms with Crippen LogP contribution in [0.3, 0.4) is 0 Å². The van der Waals surface area contributed by atoms with E-state index in [1.807, 2.05) is 0 Å². The van der Waals surface area contributed by atoms with Crippen molar-refractivity contribution in [1.29, 1.82) is 0 Å². The highest BCUT2D eigenvalue weighted by atomic mass is 28.3. The van der Waals surface area contributed by atoms with Crippen molar-refractivity contribution in [3.63, 3.8) is 0 Å². The summed E-state index contributed by atoms with van der Waals surface area (Å²) in [6, 6.07) is 0.516. The normalized spacial score (nSPS) is 29.5. The van der Waals surface area contributed by atoms with E-state index >= 15 is 0 Å². The largest absolute Gasteiger partial charge is 0.329 e. The molecular weight excluding hydrogens is 272 g/mol. The van der Waals surface area contributed by atoms with Crippen molar-refractivity contribution < 1.29 is 0 Å². The molecule has 21 heavy (non-hydrogen) atoms. The molecule has 2 nitrogen and oxygen atoms in total. The molecule has 1 spiro atoms. The standard InChI is InChI=1S/C18H32N2Si/c1-17(2,3)19-21(6,7)15-13-16(20(4)5)18(14-15)11-9-8-10-12-18/h8-11,13,16,19H,12,14H2,1-7H3. The van der Waals surface area contributed by atoms with E-state index < -0.39 is 8.24 Å². The highest BCUT2D eigenvalue weighted by Crippen LogP contribution is 2.47. The Hall–Kier alpha value is -0.643. The zero-order valence-electron chi connectivity index (χ0n) is 14.8. The number of allylic oxidation sites excluding steroid dienone is 4. The van der Waals surface area contributed by atoms with Gasteiger partial charge in [-0.2, -0.15) is 0 Å². The van der Waals surface area contributed by atoms with Crippen LogP contribution in [0.15, 0.2) is 35.6 Å². The minimum Gasteiger partial charge on any atom is -0.329 e.